The van der Waals surface area contributed by atoms with Crippen LogP contribution in [0.5, 0.6) is 0 Å². The van der Waals surface area contributed by atoms with Crippen molar-refractivity contribution in [3.05, 3.63) is 35.4 Å². The van der Waals surface area contributed by atoms with Crippen LogP contribution in [0.25, 0.3) is 0 Å². The number of benzene rings is 1. The van der Waals surface area contributed by atoms with E-state index in [0.717, 1.165) is 6.42 Å². The molecule has 0 aliphatic carbocycles. The van der Waals surface area contributed by atoms with Crippen molar-refractivity contribution in [2.24, 2.45) is 5.41 Å². The molecule has 4 nitrogen and oxygen atoms in total. The molecule has 0 bridgehead atoms. The summed E-state index contributed by atoms with van der Waals surface area (Å²) in [5, 5.41) is 11.9. The molecule has 0 saturated heterocycles. The lowest BCUT2D eigenvalue weighted by atomic mass is 9.89. The van der Waals surface area contributed by atoms with Crippen molar-refractivity contribution in [2.75, 3.05) is 6.54 Å². The van der Waals surface area contributed by atoms with Crippen LogP contribution in [0, 0.1) is 12.3 Å². The van der Waals surface area contributed by atoms with Gasteiger partial charge in [-0.2, -0.15) is 0 Å². The Labute approximate surface area is 132 Å². The number of hydrogen-bond acceptors (Lipinski definition) is 2. The first-order chi connectivity index (χ1) is 10.3. The van der Waals surface area contributed by atoms with Gasteiger partial charge in [-0.3, -0.25) is 9.59 Å². The first kappa shape index (κ1) is 18.2. The summed E-state index contributed by atoms with van der Waals surface area (Å²) in [6.07, 6.45) is 1.76. The van der Waals surface area contributed by atoms with E-state index in [1.54, 1.807) is 13.8 Å². The maximum absolute atomic E-state index is 12.0. The minimum absolute atomic E-state index is 0.0198. The number of carbonyl (C=O) groups is 2. The average Bonchev–Trinajstić information content (AvgIpc) is 2.45. The molecule has 1 aromatic carbocycles. The van der Waals surface area contributed by atoms with Crippen LogP contribution in [0.1, 0.15) is 57.1 Å². The van der Waals surface area contributed by atoms with Crippen molar-refractivity contribution in [1.82, 2.24) is 5.32 Å². The van der Waals surface area contributed by atoms with Crippen LogP contribution < -0.4 is 5.32 Å². The highest BCUT2D eigenvalue weighted by molar-refractivity contribution is 5.77. The number of nitrogens with one attached hydrogen (secondary N) is 1. The van der Waals surface area contributed by atoms with Crippen LogP contribution in [0.4, 0.5) is 0 Å². The van der Waals surface area contributed by atoms with Gasteiger partial charge in [0.05, 0.1) is 5.41 Å². The predicted molar refractivity (Wildman–Crippen MR) is 87.9 cm³/mol. The van der Waals surface area contributed by atoms with Gasteiger partial charge in [0.15, 0.2) is 0 Å². The van der Waals surface area contributed by atoms with Gasteiger partial charge in [0.25, 0.3) is 0 Å². The summed E-state index contributed by atoms with van der Waals surface area (Å²) >= 11 is 0. The maximum atomic E-state index is 12.0. The van der Waals surface area contributed by atoms with E-state index in [9.17, 15) is 9.59 Å². The van der Waals surface area contributed by atoms with Gasteiger partial charge in [-0.05, 0) is 45.1 Å². The van der Waals surface area contributed by atoms with E-state index in [2.05, 4.69) is 36.5 Å². The highest BCUT2D eigenvalue weighted by Crippen LogP contribution is 2.24. The summed E-state index contributed by atoms with van der Waals surface area (Å²) < 4.78 is 0. The second-order valence-electron chi connectivity index (χ2n) is 6.51. The molecule has 1 unspecified atom stereocenters. The Morgan fingerprint density at radius 2 is 1.82 bits per heavy atom. The molecule has 4 heteroatoms. The highest BCUT2D eigenvalue weighted by atomic mass is 16.4. The number of carbonyl (C=O) groups excluding carboxylic acids is 1. The number of amides is 1. The summed E-state index contributed by atoms with van der Waals surface area (Å²) in [6.45, 7) is 7.85. The fourth-order valence-corrected chi connectivity index (χ4v) is 2.25. The van der Waals surface area contributed by atoms with Crippen LogP contribution in [-0.2, 0) is 9.59 Å². The van der Waals surface area contributed by atoms with Crippen molar-refractivity contribution < 1.29 is 14.7 Å². The Balaban J connectivity index is 2.49. The summed E-state index contributed by atoms with van der Waals surface area (Å²) in [5.74, 6) is -0.658. The first-order valence-electron chi connectivity index (χ1n) is 7.83. The molecular weight excluding hydrogens is 278 g/mol. The molecule has 0 heterocycles. The molecule has 1 rings (SSSR count). The third-order valence-electron chi connectivity index (χ3n) is 4.12. The second-order valence-corrected chi connectivity index (χ2v) is 6.51. The molecule has 2 N–H and O–H groups in total. The third-order valence-corrected chi connectivity index (χ3v) is 4.12. The Morgan fingerprint density at radius 3 is 2.32 bits per heavy atom. The fraction of sp³-hybridized carbons (Fsp3) is 0.556. The number of carboxylic acids is 1. The van der Waals surface area contributed by atoms with Crippen molar-refractivity contribution in [3.8, 4) is 0 Å². The lowest BCUT2D eigenvalue weighted by molar-refractivity contribution is -0.147. The fourth-order valence-electron chi connectivity index (χ4n) is 2.25. The highest BCUT2D eigenvalue weighted by Gasteiger charge is 2.26. The Kier molecular flexibility index (Phi) is 6.60. The monoisotopic (exact) mass is 305 g/mol. The van der Waals surface area contributed by atoms with Crippen molar-refractivity contribution in [1.29, 1.82) is 0 Å². The van der Waals surface area contributed by atoms with Crippen LogP contribution in [0.2, 0.25) is 0 Å². The second kappa shape index (κ2) is 7.97. The smallest absolute Gasteiger partial charge is 0.309 e. The zero-order valence-corrected chi connectivity index (χ0v) is 14.0. The minimum Gasteiger partial charge on any atom is -0.481 e. The van der Waals surface area contributed by atoms with Gasteiger partial charge in [-0.25, -0.2) is 0 Å². The van der Waals surface area contributed by atoms with Crippen molar-refractivity contribution in [2.45, 2.75) is 52.9 Å². The SMILES string of the molecule is CCC(CC(=O)NCCC(C)(C)C(=O)O)c1ccc(C)cc1. The van der Waals surface area contributed by atoms with Crippen molar-refractivity contribution >= 4 is 11.9 Å². The molecule has 0 aliphatic rings. The molecule has 22 heavy (non-hydrogen) atoms. The van der Waals surface area contributed by atoms with Gasteiger partial charge in [0.1, 0.15) is 0 Å². The normalized spacial score (nSPS) is 12.7. The molecule has 122 valence electrons. The number of aryl methyl sites for hydroxylation is 1. The Hall–Kier alpha value is -1.84. The summed E-state index contributed by atoms with van der Waals surface area (Å²) in [5.41, 5.74) is 1.57. The minimum atomic E-state index is -0.840. The zero-order chi connectivity index (χ0) is 16.8. The van der Waals surface area contributed by atoms with Crippen molar-refractivity contribution in [3.63, 3.8) is 0 Å². The quantitative estimate of drug-likeness (QED) is 0.772. The van der Waals surface area contributed by atoms with Crippen LogP contribution >= 0.6 is 0 Å². The molecule has 0 spiro atoms. The molecule has 0 aromatic heterocycles. The van der Waals surface area contributed by atoms with E-state index in [1.807, 2.05) is 6.92 Å². The van der Waals surface area contributed by atoms with Gasteiger partial charge < -0.3 is 10.4 Å². The number of hydrogen-bond donors (Lipinski definition) is 2. The van der Waals surface area contributed by atoms with E-state index in [0.29, 0.717) is 19.4 Å². The molecule has 0 radical (unpaired) electrons. The summed E-state index contributed by atoms with van der Waals surface area (Å²) in [6, 6.07) is 8.27. The topological polar surface area (TPSA) is 66.4 Å². The lowest BCUT2D eigenvalue weighted by Gasteiger charge is -2.20. The van der Waals surface area contributed by atoms with E-state index < -0.39 is 11.4 Å². The summed E-state index contributed by atoms with van der Waals surface area (Å²) in [4.78, 5) is 23.1. The van der Waals surface area contributed by atoms with E-state index in [-0.39, 0.29) is 11.8 Å². The van der Waals surface area contributed by atoms with Gasteiger partial charge in [-0.1, -0.05) is 36.8 Å². The summed E-state index contributed by atoms with van der Waals surface area (Å²) in [7, 11) is 0. The number of carboxylic acid groups (broad SMARTS) is 1. The largest absolute Gasteiger partial charge is 0.481 e. The molecule has 0 saturated carbocycles. The first-order valence-corrected chi connectivity index (χ1v) is 7.83. The molecule has 1 amide bonds. The lowest BCUT2D eigenvalue weighted by Crippen LogP contribution is -2.32. The Morgan fingerprint density at radius 1 is 1.23 bits per heavy atom. The zero-order valence-electron chi connectivity index (χ0n) is 14.0. The van der Waals surface area contributed by atoms with E-state index >= 15 is 0 Å². The molecule has 0 fully saturated rings. The number of aliphatic carboxylic acids is 1. The van der Waals surface area contributed by atoms with Gasteiger partial charge in [0, 0.05) is 13.0 Å². The molecule has 1 aromatic rings. The standard InChI is InChI=1S/C18H27NO3/c1-5-14(15-8-6-13(2)7-9-15)12-16(20)19-11-10-18(3,4)17(21)22/h6-9,14H,5,10-12H2,1-4H3,(H,19,20)(H,21,22). The molecule has 0 aliphatic heterocycles. The van der Waals surface area contributed by atoms with Crippen LogP contribution in [-0.4, -0.2) is 23.5 Å². The number of rotatable bonds is 8. The predicted octanol–water partition coefficient (Wildman–Crippen LogP) is 3.50. The van der Waals surface area contributed by atoms with E-state index in [1.165, 1.54) is 11.1 Å². The van der Waals surface area contributed by atoms with Crippen LogP contribution in [0.15, 0.2) is 24.3 Å². The van der Waals surface area contributed by atoms with Gasteiger partial charge in [-0.15, -0.1) is 0 Å². The van der Waals surface area contributed by atoms with Crippen LogP contribution in [0.3, 0.4) is 0 Å². The third kappa shape index (κ3) is 5.51. The average molecular weight is 305 g/mol. The molecule has 1 atom stereocenters. The molecular formula is C18H27NO3. The van der Waals surface area contributed by atoms with Gasteiger partial charge >= 0.3 is 5.97 Å². The maximum Gasteiger partial charge on any atom is 0.309 e. The Bertz CT molecular complexity index is 506. The van der Waals surface area contributed by atoms with E-state index in [4.69, 9.17) is 5.11 Å². The van der Waals surface area contributed by atoms with Gasteiger partial charge in [0.2, 0.25) is 5.91 Å².